The molecule has 0 amide bonds. The number of nitrogens with one attached hydrogen (secondary N) is 1. The highest BCUT2D eigenvalue weighted by molar-refractivity contribution is 5.86. The van der Waals surface area contributed by atoms with Gasteiger partial charge in [0.05, 0.1) is 7.11 Å². The van der Waals surface area contributed by atoms with Crippen molar-refractivity contribution in [3.8, 4) is 5.75 Å². The summed E-state index contributed by atoms with van der Waals surface area (Å²) in [4.78, 5) is 18.0. The summed E-state index contributed by atoms with van der Waals surface area (Å²) in [7, 11) is 1.44. The maximum Gasteiger partial charge on any atom is 0.323 e. The van der Waals surface area contributed by atoms with Gasteiger partial charge in [-0.05, 0) is 29.3 Å². The third-order valence-electron chi connectivity index (χ3n) is 4.90. The average Bonchev–Trinajstić information content (AvgIpc) is 2.99. The summed E-state index contributed by atoms with van der Waals surface area (Å²) in [6, 6.07) is 15.0. The molecule has 0 radical (unpaired) electrons. The van der Waals surface area contributed by atoms with Crippen molar-refractivity contribution >= 4 is 16.9 Å². The van der Waals surface area contributed by atoms with Crippen LogP contribution in [0.4, 0.5) is 0 Å². The first-order chi connectivity index (χ1) is 12.2. The summed E-state index contributed by atoms with van der Waals surface area (Å²) < 4.78 is 5.05. The quantitative estimate of drug-likeness (QED) is 0.722. The van der Waals surface area contributed by atoms with Crippen molar-refractivity contribution in [2.24, 2.45) is 0 Å². The molecule has 0 unspecified atom stereocenters. The lowest BCUT2D eigenvalue weighted by Crippen LogP contribution is -2.45. The molecule has 0 fully saturated rings. The molecule has 0 aliphatic carbocycles. The number of methoxy groups -OCH3 is 1. The number of hydrogen-bond acceptors (Lipinski definition) is 4. The number of carbonyl (C=O) groups excluding carboxylic acids is 1. The molecule has 25 heavy (non-hydrogen) atoms. The number of rotatable bonds is 3. The van der Waals surface area contributed by atoms with Crippen LogP contribution in [0.1, 0.15) is 16.8 Å². The molecule has 5 nitrogen and oxygen atoms in total. The van der Waals surface area contributed by atoms with Crippen LogP contribution in [-0.4, -0.2) is 34.1 Å². The molecule has 1 aliphatic heterocycles. The van der Waals surface area contributed by atoms with Crippen molar-refractivity contribution in [2.45, 2.75) is 25.6 Å². The first-order valence-electron chi connectivity index (χ1n) is 8.34. The maximum absolute atomic E-state index is 12.4. The summed E-state index contributed by atoms with van der Waals surface area (Å²) in [6.45, 7) is 1.28. The third kappa shape index (κ3) is 2.87. The minimum absolute atomic E-state index is 0.213. The van der Waals surface area contributed by atoms with Gasteiger partial charge in [-0.3, -0.25) is 9.69 Å². The predicted molar refractivity (Wildman–Crippen MR) is 95.2 cm³/mol. The second-order valence-corrected chi connectivity index (χ2v) is 6.44. The highest BCUT2D eigenvalue weighted by atomic mass is 16.5. The molecule has 2 aromatic carbocycles. The Morgan fingerprint density at radius 1 is 1.24 bits per heavy atom. The highest BCUT2D eigenvalue weighted by Crippen LogP contribution is 2.31. The second-order valence-electron chi connectivity index (χ2n) is 6.44. The molecule has 0 spiro atoms. The molecule has 0 saturated heterocycles. The molecule has 0 bridgehead atoms. The van der Waals surface area contributed by atoms with Crippen molar-refractivity contribution in [2.75, 3.05) is 7.11 Å². The van der Waals surface area contributed by atoms with E-state index in [2.05, 4.69) is 22.0 Å². The van der Waals surface area contributed by atoms with Crippen molar-refractivity contribution in [1.29, 1.82) is 0 Å². The molecule has 1 atom stereocenters. The first-order valence-corrected chi connectivity index (χ1v) is 8.34. The summed E-state index contributed by atoms with van der Waals surface area (Å²) in [5.74, 6) is 0.0273. The molecule has 2 heterocycles. The normalized spacial score (nSPS) is 17.4. The van der Waals surface area contributed by atoms with Crippen LogP contribution in [0.5, 0.6) is 5.75 Å². The Kier molecular flexibility index (Phi) is 3.93. The van der Waals surface area contributed by atoms with E-state index in [1.807, 2.05) is 24.3 Å². The fourth-order valence-electron chi connectivity index (χ4n) is 3.63. The molecule has 3 aromatic rings. The SMILES string of the molecule is COC(=O)[C@H]1Cc2c([nH]c3ccccc23)CN1Cc1ccc(O)cc1. The molecule has 1 aromatic heterocycles. The number of aromatic hydroxyl groups is 1. The predicted octanol–water partition coefficient (Wildman–Crippen LogP) is 2.97. The molecule has 4 rings (SSSR count). The number of aromatic nitrogens is 1. The zero-order valence-electron chi connectivity index (χ0n) is 14.0. The van der Waals surface area contributed by atoms with Gasteiger partial charge in [0.2, 0.25) is 0 Å². The van der Waals surface area contributed by atoms with Gasteiger partial charge in [-0.2, -0.15) is 0 Å². The number of hydrogen-bond donors (Lipinski definition) is 2. The lowest BCUT2D eigenvalue weighted by Gasteiger charge is -2.33. The van der Waals surface area contributed by atoms with Gasteiger partial charge in [0, 0.05) is 36.1 Å². The minimum Gasteiger partial charge on any atom is -0.508 e. The third-order valence-corrected chi connectivity index (χ3v) is 4.90. The number of esters is 1. The Morgan fingerprint density at radius 2 is 2.00 bits per heavy atom. The van der Waals surface area contributed by atoms with Gasteiger partial charge in [0.15, 0.2) is 0 Å². The van der Waals surface area contributed by atoms with E-state index in [9.17, 15) is 9.90 Å². The van der Waals surface area contributed by atoms with Crippen LogP contribution in [0, 0.1) is 0 Å². The van der Waals surface area contributed by atoms with Crippen molar-refractivity contribution < 1.29 is 14.6 Å². The van der Waals surface area contributed by atoms with Gasteiger partial charge in [0.1, 0.15) is 11.8 Å². The molecular weight excluding hydrogens is 316 g/mol. The van der Waals surface area contributed by atoms with Gasteiger partial charge in [0.25, 0.3) is 0 Å². The standard InChI is InChI=1S/C20H20N2O3/c1-25-20(24)19-10-16-15-4-2-3-5-17(15)21-18(16)12-22(19)11-13-6-8-14(23)9-7-13/h2-9,19,21,23H,10-12H2,1H3/t19-/m1/s1. The Bertz CT molecular complexity index is 914. The average molecular weight is 336 g/mol. The summed E-state index contributed by atoms with van der Waals surface area (Å²) >= 11 is 0. The van der Waals surface area contributed by atoms with Gasteiger partial charge < -0.3 is 14.8 Å². The largest absolute Gasteiger partial charge is 0.508 e. The lowest BCUT2D eigenvalue weighted by molar-refractivity contribution is -0.148. The topological polar surface area (TPSA) is 65.6 Å². The second kappa shape index (κ2) is 6.26. The van der Waals surface area contributed by atoms with Crippen LogP contribution in [-0.2, 0) is 29.0 Å². The fourth-order valence-corrected chi connectivity index (χ4v) is 3.63. The van der Waals surface area contributed by atoms with E-state index < -0.39 is 0 Å². The Hall–Kier alpha value is -2.79. The van der Waals surface area contributed by atoms with Crippen molar-refractivity contribution in [1.82, 2.24) is 9.88 Å². The van der Waals surface area contributed by atoms with Gasteiger partial charge in [-0.1, -0.05) is 30.3 Å². The van der Waals surface area contributed by atoms with Crippen molar-refractivity contribution in [3.05, 3.63) is 65.4 Å². The molecular formula is C20H20N2O3. The summed E-state index contributed by atoms with van der Waals surface area (Å²) in [5, 5.41) is 10.6. The number of nitrogens with zero attached hydrogens (tertiary/aromatic N) is 1. The van der Waals surface area contributed by atoms with E-state index in [4.69, 9.17) is 4.74 Å². The van der Waals surface area contributed by atoms with E-state index >= 15 is 0 Å². The zero-order chi connectivity index (χ0) is 17.4. The number of fused-ring (bicyclic) bond motifs is 3. The van der Waals surface area contributed by atoms with Gasteiger partial charge in [-0.25, -0.2) is 0 Å². The number of phenolic OH excluding ortho intramolecular Hbond substituents is 1. The number of para-hydroxylation sites is 1. The minimum atomic E-state index is -0.314. The monoisotopic (exact) mass is 336 g/mol. The van der Waals surface area contributed by atoms with E-state index in [0.717, 1.165) is 16.8 Å². The lowest BCUT2D eigenvalue weighted by atomic mass is 9.96. The van der Waals surface area contributed by atoms with E-state index in [1.165, 1.54) is 18.1 Å². The van der Waals surface area contributed by atoms with E-state index in [1.54, 1.807) is 12.1 Å². The van der Waals surface area contributed by atoms with E-state index in [-0.39, 0.29) is 17.8 Å². The van der Waals surface area contributed by atoms with Crippen LogP contribution in [0.15, 0.2) is 48.5 Å². The zero-order valence-corrected chi connectivity index (χ0v) is 14.0. The number of ether oxygens (including phenoxy) is 1. The van der Waals surface area contributed by atoms with Crippen molar-refractivity contribution in [3.63, 3.8) is 0 Å². The molecule has 5 heteroatoms. The van der Waals surface area contributed by atoms with Crippen LogP contribution < -0.4 is 0 Å². The highest BCUT2D eigenvalue weighted by Gasteiger charge is 2.34. The summed E-state index contributed by atoms with van der Waals surface area (Å²) in [5.41, 5.74) is 4.50. The van der Waals surface area contributed by atoms with E-state index in [0.29, 0.717) is 19.5 Å². The Labute approximate surface area is 145 Å². The smallest absolute Gasteiger partial charge is 0.323 e. The summed E-state index contributed by atoms with van der Waals surface area (Å²) in [6.07, 6.45) is 0.629. The number of benzene rings is 2. The molecule has 2 N–H and O–H groups in total. The number of H-pyrrole nitrogens is 1. The van der Waals surface area contributed by atoms with Gasteiger partial charge >= 0.3 is 5.97 Å². The Balaban J connectivity index is 1.69. The van der Waals surface area contributed by atoms with Crippen LogP contribution >= 0.6 is 0 Å². The van der Waals surface area contributed by atoms with Crippen LogP contribution in [0.25, 0.3) is 10.9 Å². The molecule has 1 aliphatic rings. The molecule has 0 saturated carbocycles. The molecule has 128 valence electrons. The number of phenols is 1. The van der Waals surface area contributed by atoms with Crippen LogP contribution in [0.2, 0.25) is 0 Å². The number of carbonyl (C=O) groups is 1. The van der Waals surface area contributed by atoms with Crippen LogP contribution in [0.3, 0.4) is 0 Å². The van der Waals surface area contributed by atoms with Gasteiger partial charge in [-0.15, -0.1) is 0 Å². The maximum atomic E-state index is 12.4. The number of aromatic amines is 1. The fraction of sp³-hybridized carbons (Fsp3) is 0.250. The Morgan fingerprint density at radius 3 is 2.76 bits per heavy atom. The first kappa shape index (κ1) is 15.7.